The van der Waals surface area contributed by atoms with Gasteiger partial charge in [0.05, 0.1) is 5.46 Å². The maximum absolute atomic E-state index is 13.6. The van der Waals surface area contributed by atoms with Gasteiger partial charge < -0.3 is 9.31 Å². The first-order chi connectivity index (χ1) is 9.90. The first-order valence-electron chi connectivity index (χ1n) is 5.54. The van der Waals surface area contributed by atoms with Crippen LogP contribution < -0.4 is 14.8 Å². The third kappa shape index (κ3) is 2.00. The molecule has 9 heteroatoms. The van der Waals surface area contributed by atoms with Crippen LogP contribution >= 0.6 is 0 Å². The summed E-state index contributed by atoms with van der Waals surface area (Å²) in [6, 6.07) is 1.52. The molecule has 0 aromatic heterocycles. The molecule has 0 saturated carbocycles. The van der Waals surface area contributed by atoms with Crippen LogP contribution in [0.15, 0.2) is 18.2 Å². The van der Waals surface area contributed by atoms with Crippen molar-refractivity contribution in [2.24, 2.45) is 0 Å². The molecule has 3 rings (SSSR count). The molecule has 108 valence electrons. The number of fused-ring (bicyclic) bond motifs is 1. The average Bonchev–Trinajstić information content (AvgIpc) is 2.86. The van der Waals surface area contributed by atoms with E-state index in [1.165, 1.54) is 0 Å². The summed E-state index contributed by atoms with van der Waals surface area (Å²) >= 11 is 0. The molecule has 0 radical (unpaired) electrons. The van der Waals surface area contributed by atoms with Crippen LogP contribution in [0.1, 0.15) is 0 Å². The lowest BCUT2D eigenvalue weighted by molar-refractivity contribution is 0.431. The van der Waals surface area contributed by atoms with Crippen molar-refractivity contribution in [2.45, 2.75) is 0 Å². The van der Waals surface area contributed by atoms with Crippen molar-refractivity contribution in [1.29, 1.82) is 0 Å². The van der Waals surface area contributed by atoms with Crippen molar-refractivity contribution < 1.29 is 35.7 Å². The SMILES string of the molecule is Fc1cc(F)c(B2Oc3c(F)ccc(F)c3O2)c(F)c1F. The van der Waals surface area contributed by atoms with E-state index in [0.29, 0.717) is 0 Å². The van der Waals surface area contributed by atoms with E-state index in [2.05, 4.69) is 0 Å². The zero-order chi connectivity index (χ0) is 15.3. The lowest BCUT2D eigenvalue weighted by Crippen LogP contribution is -2.44. The van der Waals surface area contributed by atoms with Crippen LogP contribution in [0.2, 0.25) is 0 Å². The molecular formula is C12H3BF6O2. The van der Waals surface area contributed by atoms with E-state index in [4.69, 9.17) is 9.31 Å². The van der Waals surface area contributed by atoms with E-state index in [1.54, 1.807) is 0 Å². The van der Waals surface area contributed by atoms with E-state index in [-0.39, 0.29) is 6.07 Å². The lowest BCUT2D eigenvalue weighted by Gasteiger charge is -2.08. The maximum Gasteiger partial charge on any atom is 0.639 e. The van der Waals surface area contributed by atoms with Gasteiger partial charge in [0, 0.05) is 6.07 Å². The van der Waals surface area contributed by atoms with Crippen LogP contribution in [0.25, 0.3) is 0 Å². The second-order valence-electron chi connectivity index (χ2n) is 4.14. The molecule has 0 aliphatic carbocycles. The Hall–Kier alpha value is -2.32. The van der Waals surface area contributed by atoms with Gasteiger partial charge in [-0.15, -0.1) is 0 Å². The Morgan fingerprint density at radius 1 is 0.667 bits per heavy atom. The van der Waals surface area contributed by atoms with Crippen molar-refractivity contribution in [1.82, 2.24) is 0 Å². The number of rotatable bonds is 1. The normalized spacial score (nSPS) is 13.0. The smallest absolute Gasteiger partial charge is 0.517 e. The van der Waals surface area contributed by atoms with Crippen LogP contribution in [-0.2, 0) is 0 Å². The van der Waals surface area contributed by atoms with E-state index < -0.39 is 59.0 Å². The Bertz CT molecular complexity index is 720. The fraction of sp³-hybridized carbons (Fsp3) is 0. The summed E-state index contributed by atoms with van der Waals surface area (Å²) in [5.74, 6) is -10.6. The predicted molar refractivity (Wildman–Crippen MR) is 59.3 cm³/mol. The van der Waals surface area contributed by atoms with Gasteiger partial charge in [-0.25, -0.2) is 26.3 Å². The Labute approximate surface area is 114 Å². The highest BCUT2D eigenvalue weighted by Gasteiger charge is 2.43. The molecule has 0 saturated heterocycles. The fourth-order valence-electron chi connectivity index (χ4n) is 1.89. The highest BCUT2D eigenvalue weighted by Crippen LogP contribution is 2.38. The lowest BCUT2D eigenvalue weighted by atomic mass is 9.78. The highest BCUT2D eigenvalue weighted by molar-refractivity contribution is 6.63. The van der Waals surface area contributed by atoms with Crippen LogP contribution in [0.5, 0.6) is 11.5 Å². The number of halogens is 6. The van der Waals surface area contributed by atoms with E-state index in [9.17, 15) is 26.3 Å². The van der Waals surface area contributed by atoms with Gasteiger partial charge in [-0.3, -0.25) is 0 Å². The number of hydrogen-bond donors (Lipinski definition) is 0. The Kier molecular flexibility index (Phi) is 3.00. The van der Waals surface area contributed by atoms with E-state index in [0.717, 1.165) is 12.1 Å². The Morgan fingerprint density at radius 2 is 1.19 bits per heavy atom. The molecule has 0 unspecified atom stereocenters. The molecule has 0 atom stereocenters. The molecule has 2 nitrogen and oxygen atoms in total. The van der Waals surface area contributed by atoms with E-state index >= 15 is 0 Å². The van der Waals surface area contributed by atoms with Crippen LogP contribution in [0, 0.1) is 34.9 Å². The summed E-state index contributed by atoms with van der Waals surface area (Å²) in [4.78, 5) is 0. The van der Waals surface area contributed by atoms with Gasteiger partial charge in [0.2, 0.25) is 0 Å². The summed E-state index contributed by atoms with van der Waals surface area (Å²) in [7, 11) is -1.97. The van der Waals surface area contributed by atoms with Crippen molar-refractivity contribution in [3.05, 3.63) is 53.1 Å². The third-order valence-electron chi connectivity index (χ3n) is 2.85. The molecule has 0 spiro atoms. The number of hydrogen-bond acceptors (Lipinski definition) is 2. The molecule has 0 bridgehead atoms. The van der Waals surface area contributed by atoms with Crippen LogP contribution in [0.3, 0.4) is 0 Å². The molecule has 2 aromatic carbocycles. The largest absolute Gasteiger partial charge is 0.639 e. The van der Waals surface area contributed by atoms with Gasteiger partial charge >= 0.3 is 7.12 Å². The predicted octanol–water partition coefficient (Wildman–Crippen LogP) is 2.69. The third-order valence-corrected chi connectivity index (χ3v) is 2.85. The molecule has 1 aliphatic rings. The van der Waals surface area contributed by atoms with Gasteiger partial charge in [0.15, 0.2) is 40.6 Å². The monoisotopic (exact) mass is 304 g/mol. The Morgan fingerprint density at radius 3 is 1.71 bits per heavy atom. The zero-order valence-corrected chi connectivity index (χ0v) is 9.89. The van der Waals surface area contributed by atoms with Crippen molar-refractivity contribution in [3.63, 3.8) is 0 Å². The van der Waals surface area contributed by atoms with Crippen molar-refractivity contribution >= 4 is 12.6 Å². The van der Waals surface area contributed by atoms with Crippen LogP contribution in [-0.4, -0.2) is 7.12 Å². The minimum Gasteiger partial charge on any atom is -0.517 e. The van der Waals surface area contributed by atoms with E-state index in [1.807, 2.05) is 0 Å². The molecule has 0 fully saturated rings. The standard InChI is InChI=1S/C12H3BF6O2/c14-4-1-2-5(15)12-11(4)20-13(21-12)8-6(16)3-7(17)9(18)10(8)19/h1-3H. The maximum atomic E-state index is 13.6. The molecule has 0 amide bonds. The van der Waals surface area contributed by atoms with Crippen LogP contribution in [0.4, 0.5) is 26.3 Å². The van der Waals surface area contributed by atoms with Gasteiger partial charge in [-0.1, -0.05) is 0 Å². The highest BCUT2D eigenvalue weighted by atomic mass is 19.2. The summed E-state index contributed by atoms with van der Waals surface area (Å²) in [5.41, 5.74) is -1.12. The quantitative estimate of drug-likeness (QED) is 0.349. The second kappa shape index (κ2) is 4.61. The van der Waals surface area contributed by atoms with Gasteiger partial charge in [-0.05, 0) is 12.1 Å². The first kappa shape index (κ1) is 13.7. The fourth-order valence-corrected chi connectivity index (χ4v) is 1.89. The molecule has 1 aliphatic heterocycles. The summed E-state index contributed by atoms with van der Waals surface area (Å²) < 4.78 is 89.5. The minimum absolute atomic E-state index is 0.0795. The number of benzene rings is 2. The molecule has 0 N–H and O–H groups in total. The second-order valence-corrected chi connectivity index (χ2v) is 4.14. The molecular weight excluding hydrogens is 301 g/mol. The zero-order valence-electron chi connectivity index (χ0n) is 9.89. The molecule has 1 heterocycles. The topological polar surface area (TPSA) is 18.5 Å². The minimum atomic E-state index is -1.97. The first-order valence-corrected chi connectivity index (χ1v) is 5.54. The van der Waals surface area contributed by atoms with Crippen molar-refractivity contribution in [2.75, 3.05) is 0 Å². The molecule has 2 aromatic rings. The summed E-state index contributed by atoms with van der Waals surface area (Å²) in [6.07, 6.45) is 0. The van der Waals surface area contributed by atoms with Crippen molar-refractivity contribution in [3.8, 4) is 11.5 Å². The summed E-state index contributed by atoms with van der Waals surface area (Å²) in [6.45, 7) is 0. The average molecular weight is 304 g/mol. The van der Waals surface area contributed by atoms with Gasteiger partial charge in [0.25, 0.3) is 0 Å². The van der Waals surface area contributed by atoms with Gasteiger partial charge in [-0.2, -0.15) is 0 Å². The molecule has 21 heavy (non-hydrogen) atoms. The summed E-state index contributed by atoms with van der Waals surface area (Å²) in [5, 5.41) is 0. The Balaban J connectivity index is 2.08. The van der Waals surface area contributed by atoms with Gasteiger partial charge in [0.1, 0.15) is 5.82 Å².